The highest BCUT2D eigenvalue weighted by Gasteiger charge is 2.46. The molecule has 1 saturated carbocycles. The van der Waals surface area contributed by atoms with Gasteiger partial charge in [-0.05, 0) is 49.9 Å². The quantitative estimate of drug-likeness (QED) is 0.183. The Hall–Kier alpha value is -3.18. The van der Waals surface area contributed by atoms with Crippen LogP contribution in [-0.4, -0.2) is 77.7 Å². The van der Waals surface area contributed by atoms with Crippen molar-refractivity contribution in [2.45, 2.75) is 125 Å². The summed E-state index contributed by atoms with van der Waals surface area (Å²) in [6.07, 6.45) is 4.31. The minimum atomic E-state index is -1.11. The second-order valence-electron chi connectivity index (χ2n) is 13.2. The Labute approximate surface area is 257 Å². The Kier molecular flexibility index (Phi) is 15.1. The summed E-state index contributed by atoms with van der Waals surface area (Å²) in [7, 11) is 0. The molecule has 2 fully saturated rings. The Bertz CT molecular complexity index is 990. The van der Waals surface area contributed by atoms with Crippen LogP contribution in [0.3, 0.4) is 0 Å². The fraction of sp³-hybridized carbons (Fsp3) is 0.806. The molecule has 2 aliphatic rings. The lowest BCUT2D eigenvalue weighted by molar-refractivity contribution is -0.146. The maximum Gasteiger partial charge on any atom is 0.325 e. The van der Waals surface area contributed by atoms with E-state index in [0.29, 0.717) is 19.4 Å². The third kappa shape index (κ3) is 12.5. The van der Waals surface area contributed by atoms with E-state index in [1.807, 2.05) is 6.92 Å². The fourth-order valence-electron chi connectivity index (χ4n) is 4.92. The molecule has 0 aromatic heterocycles. The molecule has 4 unspecified atom stereocenters. The number of nitrogens with one attached hydrogen (secondary N) is 3. The van der Waals surface area contributed by atoms with Crippen LogP contribution in [0.4, 0.5) is 4.79 Å². The number of likely N-dealkylation sites (tertiary alicyclic amines) is 1. The van der Waals surface area contributed by atoms with Gasteiger partial charge in [0.05, 0.1) is 12.1 Å². The zero-order chi connectivity index (χ0) is 33.1. The number of rotatable bonds is 13. The number of carbonyl (C=O) groups is 6. The Morgan fingerprint density at radius 2 is 1.56 bits per heavy atom. The number of nitrogens with two attached hydrogens (primary N) is 1. The molecule has 5 amide bonds. The van der Waals surface area contributed by atoms with Gasteiger partial charge in [0, 0.05) is 6.54 Å². The first-order valence-corrected chi connectivity index (χ1v) is 15.6. The molecule has 5 atom stereocenters. The van der Waals surface area contributed by atoms with Crippen LogP contribution in [0.25, 0.3) is 0 Å². The van der Waals surface area contributed by atoms with E-state index in [-0.39, 0.29) is 30.4 Å². The predicted octanol–water partition coefficient (Wildman–Crippen LogP) is 2.67. The van der Waals surface area contributed by atoms with E-state index in [0.717, 1.165) is 19.3 Å². The number of hydrogen-bond donors (Lipinski definition) is 4. The monoisotopic (exact) mass is 609 g/mol. The molecule has 1 aliphatic heterocycles. The van der Waals surface area contributed by atoms with Crippen LogP contribution in [0, 0.1) is 23.2 Å². The molecule has 12 heteroatoms. The second kappa shape index (κ2) is 17.2. The summed E-state index contributed by atoms with van der Waals surface area (Å²) in [6.45, 7) is 17.0. The van der Waals surface area contributed by atoms with Crippen molar-refractivity contribution in [1.29, 1.82) is 0 Å². The van der Waals surface area contributed by atoms with Crippen molar-refractivity contribution in [3.8, 4) is 0 Å². The molecule has 1 aliphatic carbocycles. The van der Waals surface area contributed by atoms with Gasteiger partial charge in [0.2, 0.25) is 17.6 Å². The van der Waals surface area contributed by atoms with Crippen molar-refractivity contribution in [2.24, 2.45) is 28.9 Å². The van der Waals surface area contributed by atoms with Crippen molar-refractivity contribution in [3.63, 3.8) is 0 Å². The number of esters is 1. The Morgan fingerprint density at radius 3 is 2.02 bits per heavy atom. The highest BCUT2D eigenvalue weighted by atomic mass is 16.5. The molecule has 43 heavy (non-hydrogen) atoms. The molecule has 2 rings (SSSR count). The third-order valence-electron chi connectivity index (χ3n) is 7.66. The average Bonchev–Trinajstić information content (AvgIpc) is 3.61. The molecule has 0 aromatic carbocycles. The Morgan fingerprint density at radius 1 is 0.977 bits per heavy atom. The van der Waals surface area contributed by atoms with Gasteiger partial charge in [0.1, 0.15) is 18.6 Å². The van der Waals surface area contributed by atoms with E-state index in [1.165, 1.54) is 11.3 Å². The first-order valence-electron chi connectivity index (χ1n) is 15.6. The number of hydrogen-bond acceptors (Lipinski definition) is 7. The van der Waals surface area contributed by atoms with Gasteiger partial charge >= 0.3 is 12.0 Å². The van der Waals surface area contributed by atoms with Crippen molar-refractivity contribution in [1.82, 2.24) is 20.9 Å². The van der Waals surface area contributed by atoms with E-state index < -0.39 is 59.0 Å². The van der Waals surface area contributed by atoms with E-state index in [1.54, 1.807) is 34.6 Å². The summed E-state index contributed by atoms with van der Waals surface area (Å²) in [4.78, 5) is 77.6. The number of Topliss-reactive ketones (excluding diaryl/α,β-unsaturated/α-hetero) is 1. The third-order valence-corrected chi connectivity index (χ3v) is 7.66. The minimum absolute atomic E-state index is 0.0265. The lowest BCUT2D eigenvalue weighted by Gasteiger charge is -2.35. The van der Waals surface area contributed by atoms with Crippen LogP contribution in [0.2, 0.25) is 0 Å². The molecule has 1 saturated heterocycles. The normalized spacial score (nSPS) is 20.2. The van der Waals surface area contributed by atoms with Crippen molar-refractivity contribution >= 4 is 35.5 Å². The van der Waals surface area contributed by atoms with Gasteiger partial charge in [0.15, 0.2) is 0 Å². The number of primary amides is 1. The Balaban J connectivity index is 0.00000295. The van der Waals surface area contributed by atoms with Crippen molar-refractivity contribution in [3.05, 3.63) is 0 Å². The zero-order valence-corrected chi connectivity index (χ0v) is 27.6. The van der Waals surface area contributed by atoms with Gasteiger partial charge in [-0.25, -0.2) is 4.79 Å². The molecule has 246 valence electrons. The first-order chi connectivity index (χ1) is 20.0. The smallest absolute Gasteiger partial charge is 0.325 e. The SMILES string of the molecule is CCC.CCC(C)[C@@H]1CC(C(=O)NC(CC2CC2)C(=O)C(N)=O)N(C(=O)C(NC(=O)NCC(=O)OC(C)C)C(C)(C)C)C1. The molecule has 12 nitrogen and oxygen atoms in total. The van der Waals surface area contributed by atoms with Gasteiger partial charge in [-0.15, -0.1) is 0 Å². The number of ether oxygens (including phenoxy) is 1. The van der Waals surface area contributed by atoms with Crippen LogP contribution in [-0.2, 0) is 28.7 Å². The topological polar surface area (TPSA) is 177 Å². The molecule has 0 bridgehead atoms. The van der Waals surface area contributed by atoms with Gasteiger partial charge in [0.25, 0.3) is 5.91 Å². The summed E-state index contributed by atoms with van der Waals surface area (Å²) in [5, 5.41) is 7.80. The highest BCUT2D eigenvalue weighted by Crippen LogP contribution is 2.35. The summed E-state index contributed by atoms with van der Waals surface area (Å²) < 4.78 is 5.02. The summed E-state index contributed by atoms with van der Waals surface area (Å²) in [5.41, 5.74) is 4.50. The molecule has 0 aromatic rings. The van der Waals surface area contributed by atoms with E-state index in [2.05, 4.69) is 36.7 Å². The number of amides is 5. The lowest BCUT2D eigenvalue weighted by atomic mass is 9.85. The van der Waals surface area contributed by atoms with Crippen LogP contribution in [0.1, 0.15) is 101 Å². The maximum absolute atomic E-state index is 14.0. The lowest BCUT2D eigenvalue weighted by Crippen LogP contribution is -2.60. The molecule has 1 heterocycles. The van der Waals surface area contributed by atoms with E-state index >= 15 is 0 Å². The largest absolute Gasteiger partial charge is 0.462 e. The first kappa shape index (κ1) is 37.8. The number of nitrogens with zero attached hydrogens (tertiary/aromatic N) is 1. The number of carbonyl (C=O) groups excluding carboxylic acids is 6. The van der Waals surface area contributed by atoms with E-state index in [4.69, 9.17) is 10.5 Å². The fourth-order valence-corrected chi connectivity index (χ4v) is 4.92. The molecule has 0 radical (unpaired) electrons. The molecular formula is C31H55N5O7. The molecular weight excluding hydrogens is 554 g/mol. The summed E-state index contributed by atoms with van der Waals surface area (Å²) in [6, 6.07) is -3.66. The summed E-state index contributed by atoms with van der Waals surface area (Å²) in [5.74, 6) is -3.04. The predicted molar refractivity (Wildman–Crippen MR) is 164 cm³/mol. The zero-order valence-electron chi connectivity index (χ0n) is 27.6. The van der Waals surface area contributed by atoms with Crippen LogP contribution < -0.4 is 21.7 Å². The number of urea groups is 1. The maximum atomic E-state index is 14.0. The van der Waals surface area contributed by atoms with Crippen LogP contribution >= 0.6 is 0 Å². The second-order valence-corrected chi connectivity index (χ2v) is 13.2. The standard InChI is InChI=1S/C28H47N5O7.C3H8/c1-8-16(4)18-12-20(25(37)31-19(11-17-9-10-17)22(35)24(29)36)33(14-18)26(38)23(28(5,6)7)32-27(39)30-13-21(34)40-15(2)3;1-3-2/h15-20,23H,8-14H2,1-7H3,(H2,29,36)(H,31,37)(H2,30,32,39);3H2,1-2H3/t16?,18-,19?,20?,23?;/m1./s1. The van der Waals surface area contributed by atoms with Gasteiger partial charge in [-0.3, -0.25) is 24.0 Å². The van der Waals surface area contributed by atoms with Gasteiger partial charge < -0.3 is 31.3 Å². The van der Waals surface area contributed by atoms with Crippen LogP contribution in [0.5, 0.6) is 0 Å². The van der Waals surface area contributed by atoms with Crippen molar-refractivity contribution < 1.29 is 33.5 Å². The van der Waals surface area contributed by atoms with Crippen LogP contribution in [0.15, 0.2) is 0 Å². The van der Waals surface area contributed by atoms with Crippen molar-refractivity contribution in [2.75, 3.05) is 13.1 Å². The van der Waals surface area contributed by atoms with Gasteiger partial charge in [-0.2, -0.15) is 0 Å². The average molecular weight is 610 g/mol. The molecule has 5 N–H and O–H groups in total. The minimum Gasteiger partial charge on any atom is -0.462 e. The molecule has 0 spiro atoms. The summed E-state index contributed by atoms with van der Waals surface area (Å²) >= 11 is 0. The number of ketones is 1. The highest BCUT2D eigenvalue weighted by molar-refractivity contribution is 6.37. The van der Waals surface area contributed by atoms with Gasteiger partial charge in [-0.1, -0.05) is 74.1 Å². The van der Waals surface area contributed by atoms with E-state index in [9.17, 15) is 28.8 Å².